The SMILES string of the molecule is COc1ccccc1CCNCC(=O)Nc1cccc(NC(C)=O)c1. The highest BCUT2D eigenvalue weighted by Crippen LogP contribution is 2.17. The van der Waals surface area contributed by atoms with Crippen LogP contribution >= 0.6 is 0 Å². The molecule has 2 aromatic rings. The highest BCUT2D eigenvalue weighted by Gasteiger charge is 2.05. The van der Waals surface area contributed by atoms with Crippen LogP contribution in [0.2, 0.25) is 0 Å². The summed E-state index contributed by atoms with van der Waals surface area (Å²) < 4.78 is 5.30. The van der Waals surface area contributed by atoms with Crippen molar-refractivity contribution < 1.29 is 14.3 Å². The maximum Gasteiger partial charge on any atom is 0.238 e. The van der Waals surface area contributed by atoms with Gasteiger partial charge in [-0.1, -0.05) is 24.3 Å². The number of anilines is 2. The highest BCUT2D eigenvalue weighted by atomic mass is 16.5. The summed E-state index contributed by atoms with van der Waals surface area (Å²) in [7, 11) is 1.65. The Bertz CT molecular complexity index is 731. The van der Waals surface area contributed by atoms with Crippen molar-refractivity contribution in [3.05, 3.63) is 54.1 Å². The average molecular weight is 341 g/mol. The first-order valence-corrected chi connectivity index (χ1v) is 8.08. The number of carbonyl (C=O) groups is 2. The molecule has 132 valence electrons. The van der Waals surface area contributed by atoms with Gasteiger partial charge in [0.15, 0.2) is 0 Å². The Balaban J connectivity index is 1.76. The van der Waals surface area contributed by atoms with E-state index < -0.39 is 0 Å². The molecule has 6 heteroatoms. The van der Waals surface area contributed by atoms with Crippen molar-refractivity contribution in [2.24, 2.45) is 0 Å². The van der Waals surface area contributed by atoms with Gasteiger partial charge in [-0.15, -0.1) is 0 Å². The minimum atomic E-state index is -0.151. The van der Waals surface area contributed by atoms with E-state index in [0.29, 0.717) is 17.9 Å². The summed E-state index contributed by atoms with van der Waals surface area (Å²) in [5.74, 6) is 0.560. The van der Waals surface area contributed by atoms with E-state index >= 15 is 0 Å². The molecule has 0 fully saturated rings. The van der Waals surface area contributed by atoms with Gasteiger partial charge < -0.3 is 20.7 Å². The van der Waals surface area contributed by atoms with Crippen molar-refractivity contribution in [3.8, 4) is 5.75 Å². The fourth-order valence-electron chi connectivity index (χ4n) is 2.42. The van der Waals surface area contributed by atoms with Crippen molar-refractivity contribution >= 4 is 23.2 Å². The number of nitrogens with one attached hydrogen (secondary N) is 3. The Hall–Kier alpha value is -2.86. The van der Waals surface area contributed by atoms with Crippen molar-refractivity contribution in [2.75, 3.05) is 30.8 Å². The second kappa shape index (κ2) is 9.44. The highest BCUT2D eigenvalue weighted by molar-refractivity contribution is 5.94. The molecule has 6 nitrogen and oxygen atoms in total. The number of para-hydroxylation sites is 1. The molecule has 0 bridgehead atoms. The van der Waals surface area contributed by atoms with E-state index in [1.165, 1.54) is 6.92 Å². The van der Waals surface area contributed by atoms with Gasteiger partial charge in [-0.05, 0) is 42.8 Å². The summed E-state index contributed by atoms with van der Waals surface area (Å²) >= 11 is 0. The third-order valence-corrected chi connectivity index (χ3v) is 3.52. The standard InChI is InChI=1S/C19H23N3O3/c1-14(23)21-16-7-5-8-17(12-16)22-19(24)13-20-11-10-15-6-3-4-9-18(15)25-2/h3-9,12,20H,10-11,13H2,1-2H3,(H,21,23)(H,22,24). The molecule has 3 N–H and O–H groups in total. The van der Waals surface area contributed by atoms with E-state index in [-0.39, 0.29) is 18.4 Å². The first kappa shape index (κ1) is 18.5. The Morgan fingerprint density at radius 1 is 1.00 bits per heavy atom. The van der Waals surface area contributed by atoms with Crippen LogP contribution in [-0.4, -0.2) is 32.0 Å². The second-order valence-corrected chi connectivity index (χ2v) is 5.55. The Morgan fingerprint density at radius 2 is 1.72 bits per heavy atom. The lowest BCUT2D eigenvalue weighted by molar-refractivity contribution is -0.115. The van der Waals surface area contributed by atoms with E-state index in [1.54, 1.807) is 31.4 Å². The molecule has 0 saturated carbocycles. The first-order valence-electron chi connectivity index (χ1n) is 8.08. The maximum absolute atomic E-state index is 12.0. The Kier molecular flexibility index (Phi) is 6.98. The van der Waals surface area contributed by atoms with Gasteiger partial charge in [-0.25, -0.2) is 0 Å². The number of rotatable bonds is 8. The summed E-state index contributed by atoms with van der Waals surface area (Å²) in [6.07, 6.45) is 0.773. The quantitative estimate of drug-likeness (QED) is 0.644. The van der Waals surface area contributed by atoms with Crippen molar-refractivity contribution in [2.45, 2.75) is 13.3 Å². The van der Waals surface area contributed by atoms with Crippen LogP contribution in [0.4, 0.5) is 11.4 Å². The largest absolute Gasteiger partial charge is 0.496 e. The molecule has 0 radical (unpaired) electrons. The predicted molar refractivity (Wildman–Crippen MR) is 98.9 cm³/mol. The van der Waals surface area contributed by atoms with Gasteiger partial charge in [0, 0.05) is 18.3 Å². The van der Waals surface area contributed by atoms with Gasteiger partial charge in [0.1, 0.15) is 5.75 Å². The van der Waals surface area contributed by atoms with Crippen molar-refractivity contribution in [1.29, 1.82) is 0 Å². The van der Waals surface area contributed by atoms with E-state index in [2.05, 4.69) is 16.0 Å². The fourth-order valence-corrected chi connectivity index (χ4v) is 2.42. The molecule has 0 aromatic heterocycles. The van der Waals surface area contributed by atoms with E-state index in [9.17, 15) is 9.59 Å². The second-order valence-electron chi connectivity index (χ2n) is 5.55. The smallest absolute Gasteiger partial charge is 0.238 e. The topological polar surface area (TPSA) is 79.5 Å². The molecule has 0 unspecified atom stereocenters. The lowest BCUT2D eigenvalue weighted by atomic mass is 10.1. The van der Waals surface area contributed by atoms with Crippen LogP contribution < -0.4 is 20.7 Å². The number of hydrogen-bond donors (Lipinski definition) is 3. The number of methoxy groups -OCH3 is 1. The van der Waals surface area contributed by atoms with Crippen molar-refractivity contribution in [1.82, 2.24) is 5.32 Å². The number of ether oxygens (including phenoxy) is 1. The van der Waals surface area contributed by atoms with E-state index in [4.69, 9.17) is 4.74 Å². The monoisotopic (exact) mass is 341 g/mol. The minimum absolute atomic E-state index is 0.139. The maximum atomic E-state index is 12.0. The molecule has 0 heterocycles. The van der Waals surface area contributed by atoms with Crippen LogP contribution in [0, 0.1) is 0 Å². The summed E-state index contributed by atoms with van der Waals surface area (Å²) in [4.78, 5) is 23.1. The predicted octanol–water partition coefficient (Wildman–Crippen LogP) is 2.42. The zero-order chi connectivity index (χ0) is 18.1. The lowest BCUT2D eigenvalue weighted by Gasteiger charge is -2.10. The molecular formula is C19H23N3O3. The van der Waals surface area contributed by atoms with Gasteiger partial charge in [0.2, 0.25) is 11.8 Å². The molecule has 2 rings (SSSR count). The van der Waals surface area contributed by atoms with Crippen LogP contribution in [0.3, 0.4) is 0 Å². The van der Waals surface area contributed by atoms with Crippen molar-refractivity contribution in [3.63, 3.8) is 0 Å². The zero-order valence-electron chi connectivity index (χ0n) is 14.5. The third kappa shape index (κ3) is 6.27. The lowest BCUT2D eigenvalue weighted by Crippen LogP contribution is -2.29. The van der Waals surface area contributed by atoms with E-state index in [1.807, 2.05) is 24.3 Å². The number of benzene rings is 2. The van der Waals surface area contributed by atoms with Gasteiger partial charge in [0.05, 0.1) is 13.7 Å². The zero-order valence-corrected chi connectivity index (χ0v) is 14.5. The fraction of sp³-hybridized carbons (Fsp3) is 0.263. The molecule has 0 aliphatic heterocycles. The summed E-state index contributed by atoms with van der Waals surface area (Å²) in [5.41, 5.74) is 2.39. The summed E-state index contributed by atoms with van der Waals surface area (Å²) in [6.45, 7) is 2.32. The molecule has 2 aromatic carbocycles. The number of amides is 2. The van der Waals surface area contributed by atoms with Crippen LogP contribution in [0.5, 0.6) is 5.75 Å². The molecule has 0 spiro atoms. The Morgan fingerprint density at radius 3 is 2.44 bits per heavy atom. The van der Waals surface area contributed by atoms with Gasteiger partial charge in [0.25, 0.3) is 0 Å². The molecule has 0 saturated heterocycles. The summed E-state index contributed by atoms with van der Waals surface area (Å²) in [6, 6.07) is 14.9. The normalized spacial score (nSPS) is 10.2. The van der Waals surface area contributed by atoms with Gasteiger partial charge in [-0.2, -0.15) is 0 Å². The average Bonchev–Trinajstić information content (AvgIpc) is 2.59. The molecule has 0 aliphatic carbocycles. The molecule has 0 atom stereocenters. The summed E-state index contributed by atoms with van der Waals surface area (Å²) in [5, 5.41) is 8.60. The van der Waals surface area contributed by atoms with Crippen LogP contribution in [-0.2, 0) is 16.0 Å². The molecular weight excluding hydrogens is 318 g/mol. The molecule has 2 amide bonds. The van der Waals surface area contributed by atoms with Crippen LogP contribution in [0.25, 0.3) is 0 Å². The Labute approximate surface area is 147 Å². The van der Waals surface area contributed by atoms with Gasteiger partial charge >= 0.3 is 0 Å². The van der Waals surface area contributed by atoms with E-state index in [0.717, 1.165) is 17.7 Å². The minimum Gasteiger partial charge on any atom is -0.496 e. The third-order valence-electron chi connectivity index (χ3n) is 3.52. The number of hydrogen-bond acceptors (Lipinski definition) is 4. The molecule has 25 heavy (non-hydrogen) atoms. The number of carbonyl (C=O) groups excluding carboxylic acids is 2. The van der Waals surface area contributed by atoms with Gasteiger partial charge in [-0.3, -0.25) is 9.59 Å². The van der Waals surface area contributed by atoms with Crippen LogP contribution in [0.15, 0.2) is 48.5 Å². The molecule has 0 aliphatic rings. The first-order chi connectivity index (χ1) is 12.1. The van der Waals surface area contributed by atoms with Crippen LogP contribution in [0.1, 0.15) is 12.5 Å².